The minimum absolute atomic E-state index is 0.0366. The summed E-state index contributed by atoms with van der Waals surface area (Å²) in [5, 5.41) is 3.99. The van der Waals surface area contributed by atoms with Crippen molar-refractivity contribution in [2.24, 2.45) is 5.41 Å². The van der Waals surface area contributed by atoms with Gasteiger partial charge in [-0.25, -0.2) is 0 Å². The van der Waals surface area contributed by atoms with E-state index in [1.165, 1.54) is 35.1 Å². The maximum atomic E-state index is 6.18. The zero-order chi connectivity index (χ0) is 22.3. The molecule has 1 saturated carbocycles. The second kappa shape index (κ2) is 7.81. The Hall–Kier alpha value is -3.52. The normalized spacial score (nSPS) is 19.4. The molecule has 2 heteroatoms. The molecule has 4 aromatic carbocycles. The molecule has 2 aliphatic rings. The van der Waals surface area contributed by atoms with Crippen LogP contribution in [0.15, 0.2) is 109 Å². The van der Waals surface area contributed by atoms with Crippen LogP contribution in [-0.4, -0.2) is 6.61 Å². The van der Waals surface area contributed by atoms with E-state index >= 15 is 0 Å². The highest BCUT2D eigenvalue weighted by atomic mass is 16.5. The summed E-state index contributed by atoms with van der Waals surface area (Å²) < 4.78 is 6.18. The van der Waals surface area contributed by atoms with E-state index in [1.54, 1.807) is 0 Å². The first-order valence-corrected chi connectivity index (χ1v) is 12.0. The molecule has 1 aliphatic carbocycles. The molecular weight excluding hydrogens is 402 g/mol. The molecule has 2 nitrogen and oxygen atoms in total. The summed E-state index contributed by atoms with van der Waals surface area (Å²) in [5.41, 5.74) is 6.24. The molecule has 0 saturated heterocycles. The Morgan fingerprint density at radius 1 is 0.727 bits per heavy atom. The monoisotopic (exact) mass is 431 g/mol. The molecule has 1 aliphatic heterocycles. The van der Waals surface area contributed by atoms with E-state index in [9.17, 15) is 0 Å². The van der Waals surface area contributed by atoms with Gasteiger partial charge in [-0.3, -0.25) is 0 Å². The van der Waals surface area contributed by atoms with E-state index in [4.69, 9.17) is 4.74 Å². The molecule has 0 amide bonds. The Morgan fingerprint density at radius 2 is 1.30 bits per heavy atom. The fourth-order valence-electron chi connectivity index (χ4n) is 6.31. The van der Waals surface area contributed by atoms with Crippen LogP contribution in [0.2, 0.25) is 0 Å². The fraction of sp³-hybridized carbons (Fsp3) is 0.226. The van der Waals surface area contributed by atoms with Gasteiger partial charge in [0.2, 0.25) is 0 Å². The van der Waals surface area contributed by atoms with Gasteiger partial charge in [0.1, 0.15) is 5.75 Å². The summed E-state index contributed by atoms with van der Waals surface area (Å²) in [7, 11) is 0. The van der Waals surface area contributed by atoms with Crippen molar-refractivity contribution in [2.75, 3.05) is 11.9 Å². The molecule has 164 valence electrons. The molecule has 6 rings (SSSR count). The van der Waals surface area contributed by atoms with E-state index in [2.05, 4.69) is 121 Å². The van der Waals surface area contributed by atoms with E-state index in [1.807, 2.05) is 0 Å². The summed E-state index contributed by atoms with van der Waals surface area (Å²) in [6.45, 7) is 2.70. The molecule has 33 heavy (non-hydrogen) atoms. The molecule has 4 aromatic rings. The Bertz CT molecular complexity index is 1210. The van der Waals surface area contributed by atoms with Crippen LogP contribution < -0.4 is 10.1 Å². The fourth-order valence-corrected chi connectivity index (χ4v) is 6.31. The lowest BCUT2D eigenvalue weighted by atomic mass is 9.54. The van der Waals surface area contributed by atoms with Gasteiger partial charge in [0, 0.05) is 5.41 Å². The van der Waals surface area contributed by atoms with Gasteiger partial charge in [-0.05, 0) is 48.1 Å². The zero-order valence-corrected chi connectivity index (χ0v) is 19.0. The lowest BCUT2D eigenvalue weighted by Gasteiger charge is -2.52. The summed E-state index contributed by atoms with van der Waals surface area (Å²) in [6, 6.07) is 40.0. The molecular formula is C31H29NO. The van der Waals surface area contributed by atoms with Gasteiger partial charge < -0.3 is 10.1 Å². The quantitative estimate of drug-likeness (QED) is 0.356. The van der Waals surface area contributed by atoms with Gasteiger partial charge in [-0.1, -0.05) is 103 Å². The molecule has 1 fully saturated rings. The minimum atomic E-state index is -0.274. The van der Waals surface area contributed by atoms with E-state index in [-0.39, 0.29) is 16.9 Å². The summed E-state index contributed by atoms with van der Waals surface area (Å²) in [4.78, 5) is 0. The highest BCUT2D eigenvalue weighted by Gasteiger charge is 2.68. The topological polar surface area (TPSA) is 21.3 Å². The molecule has 1 atom stereocenters. The van der Waals surface area contributed by atoms with Crippen molar-refractivity contribution >= 4 is 5.69 Å². The minimum Gasteiger partial charge on any atom is -0.492 e. The Balaban J connectivity index is 1.73. The van der Waals surface area contributed by atoms with Crippen molar-refractivity contribution in [3.05, 3.63) is 131 Å². The van der Waals surface area contributed by atoms with Crippen LogP contribution in [0.25, 0.3) is 0 Å². The smallest absolute Gasteiger partial charge is 0.142 e. The third-order valence-electron chi connectivity index (χ3n) is 7.65. The zero-order valence-electron chi connectivity index (χ0n) is 19.0. The van der Waals surface area contributed by atoms with Crippen molar-refractivity contribution in [1.82, 2.24) is 0 Å². The van der Waals surface area contributed by atoms with E-state index in [0.29, 0.717) is 6.61 Å². The molecule has 0 radical (unpaired) electrons. The Morgan fingerprint density at radius 3 is 1.85 bits per heavy atom. The summed E-state index contributed by atoms with van der Waals surface area (Å²) in [6.07, 6.45) is 2.34. The molecule has 0 aromatic heterocycles. The Kier molecular flexibility index (Phi) is 4.76. The maximum absolute atomic E-state index is 6.18. The van der Waals surface area contributed by atoms with Crippen molar-refractivity contribution in [3.63, 3.8) is 0 Å². The number of benzene rings is 4. The van der Waals surface area contributed by atoms with Crippen molar-refractivity contribution in [2.45, 2.75) is 31.2 Å². The van der Waals surface area contributed by atoms with Gasteiger partial charge in [0.25, 0.3) is 0 Å². The van der Waals surface area contributed by atoms with Gasteiger partial charge in [0.05, 0.1) is 23.8 Å². The average molecular weight is 432 g/mol. The number of rotatable bonds is 5. The molecule has 1 N–H and O–H groups in total. The number of ether oxygens (including phenoxy) is 1. The second-order valence-corrected chi connectivity index (χ2v) is 9.24. The van der Waals surface area contributed by atoms with Crippen LogP contribution in [0.1, 0.15) is 48.1 Å². The molecule has 1 unspecified atom stereocenters. The first-order valence-electron chi connectivity index (χ1n) is 12.0. The first kappa shape index (κ1) is 20.1. The Labute approximate surface area is 196 Å². The van der Waals surface area contributed by atoms with Crippen LogP contribution in [-0.2, 0) is 5.41 Å². The number of hydrogen-bond acceptors (Lipinski definition) is 2. The van der Waals surface area contributed by atoms with Gasteiger partial charge in [-0.2, -0.15) is 0 Å². The van der Waals surface area contributed by atoms with Gasteiger partial charge in [0.15, 0.2) is 0 Å². The lowest BCUT2D eigenvalue weighted by molar-refractivity contribution is 0.280. The van der Waals surface area contributed by atoms with Crippen LogP contribution in [0.5, 0.6) is 5.75 Å². The summed E-state index contributed by atoms with van der Waals surface area (Å²) in [5.74, 6) is 0.933. The summed E-state index contributed by atoms with van der Waals surface area (Å²) >= 11 is 0. The molecule has 1 spiro atoms. The standard InChI is InChI=1S/C31H29NO/c1-2-33-27-20-12-19-26-28(27)32-29(23-13-6-3-7-14-23)30(21-22-30)31(26,24-15-8-4-9-16-24)25-17-10-5-11-18-25/h3-20,29,32H,2,21-22H2,1H3. The highest BCUT2D eigenvalue weighted by molar-refractivity contribution is 5.75. The second-order valence-electron chi connectivity index (χ2n) is 9.24. The van der Waals surface area contributed by atoms with E-state index in [0.717, 1.165) is 11.4 Å². The van der Waals surface area contributed by atoms with Crippen molar-refractivity contribution in [1.29, 1.82) is 0 Å². The largest absolute Gasteiger partial charge is 0.492 e. The third-order valence-corrected chi connectivity index (χ3v) is 7.65. The number of nitrogens with one attached hydrogen (secondary N) is 1. The maximum Gasteiger partial charge on any atom is 0.142 e. The van der Waals surface area contributed by atoms with Crippen LogP contribution in [0.3, 0.4) is 0 Å². The van der Waals surface area contributed by atoms with Gasteiger partial charge in [-0.15, -0.1) is 0 Å². The first-order chi connectivity index (χ1) is 16.3. The van der Waals surface area contributed by atoms with E-state index < -0.39 is 0 Å². The van der Waals surface area contributed by atoms with Crippen molar-refractivity contribution in [3.8, 4) is 5.75 Å². The lowest BCUT2D eigenvalue weighted by Crippen LogP contribution is -2.48. The third kappa shape index (κ3) is 2.87. The molecule has 0 bridgehead atoms. The number of fused-ring (bicyclic) bond motifs is 1. The number of hydrogen-bond donors (Lipinski definition) is 1. The average Bonchev–Trinajstić information content (AvgIpc) is 3.67. The van der Waals surface area contributed by atoms with Gasteiger partial charge >= 0.3 is 0 Å². The SMILES string of the molecule is CCOc1cccc2c1NC(c1ccccc1)C1(CC1)C2(c1ccccc1)c1ccccc1. The number of para-hydroxylation sites is 1. The van der Waals surface area contributed by atoms with Crippen LogP contribution in [0, 0.1) is 5.41 Å². The predicted molar refractivity (Wildman–Crippen MR) is 135 cm³/mol. The molecule has 1 heterocycles. The van der Waals surface area contributed by atoms with Crippen LogP contribution >= 0.6 is 0 Å². The predicted octanol–water partition coefficient (Wildman–Crippen LogP) is 7.37. The van der Waals surface area contributed by atoms with Crippen LogP contribution in [0.4, 0.5) is 5.69 Å². The number of anilines is 1. The highest BCUT2D eigenvalue weighted by Crippen LogP contribution is 2.74. The van der Waals surface area contributed by atoms with Crippen molar-refractivity contribution < 1.29 is 4.74 Å².